The third-order valence-electron chi connectivity index (χ3n) is 3.02. The first-order valence-corrected chi connectivity index (χ1v) is 8.07. The standard InChI is InChI=1S/C17H18BrN3O2/c1-11(2)10-15(22)20-12-5-7-13(8-6-12)21-17(23)14-4-3-9-19-16(14)18/h3-9,11H,10H2,1-2H3,(H,20,22)(H,21,23). The second-order valence-electron chi connectivity index (χ2n) is 5.52. The zero-order chi connectivity index (χ0) is 16.8. The van der Waals surface area contributed by atoms with Crippen molar-refractivity contribution in [1.82, 2.24) is 4.98 Å². The predicted molar refractivity (Wildman–Crippen MR) is 94.4 cm³/mol. The van der Waals surface area contributed by atoms with Crippen molar-refractivity contribution >= 4 is 39.1 Å². The molecule has 0 bridgehead atoms. The van der Waals surface area contributed by atoms with Crippen LogP contribution in [0.25, 0.3) is 0 Å². The Balaban J connectivity index is 1.99. The summed E-state index contributed by atoms with van der Waals surface area (Å²) >= 11 is 3.25. The van der Waals surface area contributed by atoms with E-state index in [1.807, 2.05) is 13.8 Å². The molecule has 5 nitrogen and oxygen atoms in total. The average molecular weight is 376 g/mol. The molecule has 1 aromatic carbocycles. The Morgan fingerprint density at radius 1 is 1.09 bits per heavy atom. The van der Waals surface area contributed by atoms with Crippen molar-refractivity contribution in [1.29, 1.82) is 0 Å². The SMILES string of the molecule is CC(C)CC(=O)Nc1ccc(NC(=O)c2cccnc2Br)cc1. The molecule has 120 valence electrons. The lowest BCUT2D eigenvalue weighted by Gasteiger charge is -2.09. The van der Waals surface area contributed by atoms with Gasteiger partial charge in [-0.2, -0.15) is 0 Å². The number of nitrogens with one attached hydrogen (secondary N) is 2. The van der Waals surface area contributed by atoms with Gasteiger partial charge in [-0.25, -0.2) is 4.98 Å². The highest BCUT2D eigenvalue weighted by Crippen LogP contribution is 2.18. The monoisotopic (exact) mass is 375 g/mol. The first kappa shape index (κ1) is 17.1. The van der Waals surface area contributed by atoms with Gasteiger partial charge in [0.15, 0.2) is 0 Å². The topological polar surface area (TPSA) is 71.1 Å². The Bertz CT molecular complexity index is 699. The van der Waals surface area contributed by atoms with Gasteiger partial charge in [-0.05, 0) is 58.2 Å². The number of nitrogens with zero attached hydrogens (tertiary/aromatic N) is 1. The van der Waals surface area contributed by atoms with Gasteiger partial charge in [-0.3, -0.25) is 9.59 Å². The maximum absolute atomic E-state index is 12.2. The minimum atomic E-state index is -0.249. The van der Waals surface area contributed by atoms with E-state index in [1.54, 1.807) is 42.6 Å². The summed E-state index contributed by atoms with van der Waals surface area (Å²) in [6.07, 6.45) is 2.09. The maximum atomic E-state index is 12.2. The average Bonchev–Trinajstić information content (AvgIpc) is 2.48. The number of anilines is 2. The highest BCUT2D eigenvalue weighted by Gasteiger charge is 2.10. The third-order valence-corrected chi connectivity index (χ3v) is 3.66. The molecule has 2 N–H and O–H groups in total. The molecular weight excluding hydrogens is 358 g/mol. The lowest BCUT2D eigenvalue weighted by Crippen LogP contribution is -2.14. The number of aromatic nitrogens is 1. The molecule has 0 spiro atoms. The van der Waals surface area contributed by atoms with Crippen LogP contribution in [0, 0.1) is 5.92 Å². The van der Waals surface area contributed by atoms with Gasteiger partial charge < -0.3 is 10.6 Å². The molecule has 6 heteroatoms. The van der Waals surface area contributed by atoms with Crippen LogP contribution in [0.3, 0.4) is 0 Å². The van der Waals surface area contributed by atoms with Crippen LogP contribution in [-0.4, -0.2) is 16.8 Å². The van der Waals surface area contributed by atoms with Gasteiger partial charge in [0.05, 0.1) is 5.56 Å². The smallest absolute Gasteiger partial charge is 0.258 e. The summed E-state index contributed by atoms with van der Waals surface area (Å²) in [7, 11) is 0. The highest BCUT2D eigenvalue weighted by atomic mass is 79.9. The summed E-state index contributed by atoms with van der Waals surface area (Å²) in [5.74, 6) is 0.0455. The van der Waals surface area contributed by atoms with Crippen LogP contribution in [0.2, 0.25) is 0 Å². The van der Waals surface area contributed by atoms with Crippen LogP contribution in [-0.2, 0) is 4.79 Å². The minimum absolute atomic E-state index is 0.0175. The number of amides is 2. The fraction of sp³-hybridized carbons (Fsp3) is 0.235. The van der Waals surface area contributed by atoms with Crippen molar-refractivity contribution < 1.29 is 9.59 Å². The molecule has 1 aromatic heterocycles. The van der Waals surface area contributed by atoms with Gasteiger partial charge in [-0.15, -0.1) is 0 Å². The lowest BCUT2D eigenvalue weighted by molar-refractivity contribution is -0.116. The molecule has 0 saturated carbocycles. The molecule has 0 unspecified atom stereocenters. The Kier molecular flexibility index (Phi) is 5.87. The third kappa shape index (κ3) is 5.17. The Labute approximate surface area is 143 Å². The minimum Gasteiger partial charge on any atom is -0.326 e. The summed E-state index contributed by atoms with van der Waals surface area (Å²) in [5.41, 5.74) is 1.81. The maximum Gasteiger partial charge on any atom is 0.258 e. The second kappa shape index (κ2) is 7.87. The summed E-state index contributed by atoms with van der Waals surface area (Å²) < 4.78 is 0.495. The van der Waals surface area contributed by atoms with Crippen LogP contribution < -0.4 is 10.6 Å². The number of carbonyl (C=O) groups excluding carboxylic acids is 2. The van der Waals surface area contributed by atoms with E-state index < -0.39 is 0 Å². The van der Waals surface area contributed by atoms with E-state index >= 15 is 0 Å². The number of carbonyl (C=O) groups is 2. The molecule has 1 heterocycles. The molecular formula is C17H18BrN3O2. The molecule has 0 aliphatic carbocycles. The van der Waals surface area contributed by atoms with E-state index in [0.29, 0.717) is 33.9 Å². The van der Waals surface area contributed by atoms with Gasteiger partial charge in [0, 0.05) is 24.0 Å². The van der Waals surface area contributed by atoms with Crippen LogP contribution in [0.15, 0.2) is 47.2 Å². The normalized spacial score (nSPS) is 10.4. The van der Waals surface area contributed by atoms with E-state index in [2.05, 4.69) is 31.5 Å². The first-order valence-electron chi connectivity index (χ1n) is 7.27. The summed E-state index contributed by atoms with van der Waals surface area (Å²) in [5, 5.41) is 5.62. The van der Waals surface area contributed by atoms with Crippen molar-refractivity contribution in [2.75, 3.05) is 10.6 Å². The Morgan fingerprint density at radius 2 is 1.70 bits per heavy atom. The number of hydrogen-bond donors (Lipinski definition) is 2. The number of pyridine rings is 1. The molecule has 2 rings (SSSR count). The van der Waals surface area contributed by atoms with Crippen molar-refractivity contribution in [3.05, 3.63) is 52.8 Å². The summed E-state index contributed by atoms with van der Waals surface area (Å²) in [6, 6.07) is 10.4. The quantitative estimate of drug-likeness (QED) is 0.773. The van der Waals surface area contributed by atoms with Crippen molar-refractivity contribution in [2.24, 2.45) is 5.92 Å². The van der Waals surface area contributed by atoms with E-state index in [0.717, 1.165) is 0 Å². The van der Waals surface area contributed by atoms with Gasteiger partial charge in [-0.1, -0.05) is 13.8 Å². The summed E-state index contributed by atoms with van der Waals surface area (Å²) in [6.45, 7) is 3.99. The lowest BCUT2D eigenvalue weighted by atomic mass is 10.1. The molecule has 2 aromatic rings. The van der Waals surface area contributed by atoms with Crippen LogP contribution in [0.4, 0.5) is 11.4 Å². The molecule has 0 aliphatic heterocycles. The molecule has 0 fully saturated rings. The number of halogens is 1. The van der Waals surface area contributed by atoms with Crippen LogP contribution in [0.5, 0.6) is 0 Å². The molecule has 0 aliphatic rings. The highest BCUT2D eigenvalue weighted by molar-refractivity contribution is 9.10. The van der Waals surface area contributed by atoms with E-state index in [4.69, 9.17) is 0 Å². The Hall–Kier alpha value is -2.21. The fourth-order valence-electron chi connectivity index (χ4n) is 1.97. The number of benzene rings is 1. The fourth-order valence-corrected chi connectivity index (χ4v) is 2.40. The molecule has 2 amide bonds. The van der Waals surface area contributed by atoms with Crippen molar-refractivity contribution in [3.8, 4) is 0 Å². The molecule has 0 atom stereocenters. The predicted octanol–water partition coefficient (Wildman–Crippen LogP) is 4.08. The van der Waals surface area contributed by atoms with Gasteiger partial charge in [0.2, 0.25) is 5.91 Å². The van der Waals surface area contributed by atoms with Crippen molar-refractivity contribution in [3.63, 3.8) is 0 Å². The first-order chi connectivity index (χ1) is 11.0. The van der Waals surface area contributed by atoms with E-state index in [9.17, 15) is 9.59 Å². The Morgan fingerprint density at radius 3 is 2.26 bits per heavy atom. The molecule has 0 saturated heterocycles. The number of rotatable bonds is 5. The number of hydrogen-bond acceptors (Lipinski definition) is 3. The van der Waals surface area contributed by atoms with Gasteiger partial charge in [0.1, 0.15) is 4.60 Å². The largest absolute Gasteiger partial charge is 0.326 e. The van der Waals surface area contributed by atoms with Crippen LogP contribution >= 0.6 is 15.9 Å². The van der Waals surface area contributed by atoms with E-state index in [1.165, 1.54) is 0 Å². The molecule has 23 heavy (non-hydrogen) atoms. The van der Waals surface area contributed by atoms with E-state index in [-0.39, 0.29) is 11.8 Å². The van der Waals surface area contributed by atoms with Crippen molar-refractivity contribution in [2.45, 2.75) is 20.3 Å². The van der Waals surface area contributed by atoms with Crippen LogP contribution in [0.1, 0.15) is 30.6 Å². The van der Waals surface area contributed by atoms with Gasteiger partial charge >= 0.3 is 0 Å². The zero-order valence-electron chi connectivity index (χ0n) is 13.0. The summed E-state index contributed by atoms with van der Waals surface area (Å²) in [4.78, 5) is 27.9. The second-order valence-corrected chi connectivity index (χ2v) is 6.27. The molecule has 0 radical (unpaired) electrons. The van der Waals surface area contributed by atoms with Gasteiger partial charge in [0.25, 0.3) is 5.91 Å². The zero-order valence-corrected chi connectivity index (χ0v) is 14.6.